The molecule has 0 aliphatic carbocycles. The molecule has 0 atom stereocenters. The van der Waals surface area contributed by atoms with Crippen molar-refractivity contribution < 1.29 is 8.78 Å². The Morgan fingerprint density at radius 2 is 2.00 bits per heavy atom. The zero-order valence-electron chi connectivity index (χ0n) is 6.23. The standard InChI is InChI=1S/C8H7F2N.ClH/c9-5-3-7(10)6-1-2-11-8(6)4-5;/h3-4,11H,1-2H2;1H. The van der Waals surface area contributed by atoms with E-state index < -0.39 is 11.6 Å². The van der Waals surface area contributed by atoms with Crippen LogP contribution < -0.4 is 5.32 Å². The van der Waals surface area contributed by atoms with Crippen molar-refractivity contribution in [2.75, 3.05) is 11.9 Å². The first-order valence-corrected chi connectivity index (χ1v) is 3.49. The average molecular weight is 192 g/mol. The van der Waals surface area contributed by atoms with Crippen LogP contribution in [0.5, 0.6) is 0 Å². The van der Waals surface area contributed by atoms with Crippen LogP contribution in [0.1, 0.15) is 5.56 Å². The molecule has 0 saturated carbocycles. The summed E-state index contributed by atoms with van der Waals surface area (Å²) in [6.45, 7) is 0.704. The summed E-state index contributed by atoms with van der Waals surface area (Å²) >= 11 is 0. The molecule has 66 valence electrons. The minimum Gasteiger partial charge on any atom is -0.384 e. The third-order valence-corrected chi connectivity index (χ3v) is 1.85. The molecule has 0 aromatic heterocycles. The van der Waals surface area contributed by atoms with Crippen LogP contribution in [0, 0.1) is 11.6 Å². The lowest BCUT2D eigenvalue weighted by atomic mass is 10.1. The molecule has 0 unspecified atom stereocenters. The number of hydrogen-bond donors (Lipinski definition) is 1. The summed E-state index contributed by atoms with van der Waals surface area (Å²) in [5.41, 5.74) is 1.20. The second-order valence-electron chi connectivity index (χ2n) is 2.59. The molecule has 0 spiro atoms. The Balaban J connectivity index is 0.000000720. The highest BCUT2D eigenvalue weighted by Crippen LogP contribution is 2.25. The van der Waals surface area contributed by atoms with Crippen molar-refractivity contribution in [1.29, 1.82) is 0 Å². The molecule has 1 N–H and O–H groups in total. The van der Waals surface area contributed by atoms with E-state index in [1.165, 1.54) is 6.07 Å². The summed E-state index contributed by atoms with van der Waals surface area (Å²) < 4.78 is 25.4. The van der Waals surface area contributed by atoms with Crippen LogP contribution in [-0.2, 0) is 6.42 Å². The van der Waals surface area contributed by atoms with E-state index in [0.717, 1.165) is 6.07 Å². The Kier molecular flexibility index (Phi) is 2.52. The van der Waals surface area contributed by atoms with Crippen molar-refractivity contribution in [3.05, 3.63) is 29.3 Å². The van der Waals surface area contributed by atoms with Crippen LogP contribution in [0.4, 0.5) is 14.5 Å². The molecule has 2 rings (SSSR count). The Hall–Kier alpha value is -0.830. The van der Waals surface area contributed by atoms with Gasteiger partial charge in [0.2, 0.25) is 0 Å². The molecule has 1 aromatic rings. The highest BCUT2D eigenvalue weighted by molar-refractivity contribution is 5.85. The van der Waals surface area contributed by atoms with Crippen molar-refractivity contribution in [2.45, 2.75) is 6.42 Å². The van der Waals surface area contributed by atoms with E-state index in [4.69, 9.17) is 0 Å². The second kappa shape index (κ2) is 3.27. The summed E-state index contributed by atoms with van der Waals surface area (Å²) in [7, 11) is 0. The quantitative estimate of drug-likeness (QED) is 0.664. The molecule has 1 aliphatic rings. The van der Waals surface area contributed by atoms with Crippen molar-refractivity contribution in [3.63, 3.8) is 0 Å². The van der Waals surface area contributed by atoms with E-state index in [1.54, 1.807) is 0 Å². The molecule has 12 heavy (non-hydrogen) atoms. The average Bonchev–Trinajstić information content (AvgIpc) is 2.34. The summed E-state index contributed by atoms with van der Waals surface area (Å²) in [5, 5.41) is 2.90. The van der Waals surface area contributed by atoms with Gasteiger partial charge in [-0.1, -0.05) is 0 Å². The van der Waals surface area contributed by atoms with Crippen LogP contribution in [-0.4, -0.2) is 6.54 Å². The highest BCUT2D eigenvalue weighted by Gasteiger charge is 2.15. The molecular formula is C8H8ClF2N. The Labute approximate surface area is 75.2 Å². The lowest BCUT2D eigenvalue weighted by Crippen LogP contribution is -1.91. The summed E-state index contributed by atoms with van der Waals surface area (Å²) in [4.78, 5) is 0. The minimum absolute atomic E-state index is 0. The SMILES string of the molecule is Cl.Fc1cc(F)c2c(c1)NCC2. The maximum atomic E-state index is 12.9. The smallest absolute Gasteiger partial charge is 0.131 e. The zero-order chi connectivity index (χ0) is 7.84. The largest absolute Gasteiger partial charge is 0.384 e. The van der Waals surface area contributed by atoms with Crippen molar-refractivity contribution in [1.82, 2.24) is 0 Å². The van der Waals surface area contributed by atoms with Crippen molar-refractivity contribution in [2.24, 2.45) is 0 Å². The fourth-order valence-electron chi connectivity index (χ4n) is 1.34. The van der Waals surface area contributed by atoms with Gasteiger partial charge in [-0.25, -0.2) is 8.78 Å². The Bertz CT molecular complexity index is 301. The lowest BCUT2D eigenvalue weighted by Gasteiger charge is -1.99. The molecule has 0 fully saturated rings. The summed E-state index contributed by atoms with van der Waals surface area (Å²) in [6, 6.07) is 2.25. The van der Waals surface area contributed by atoms with E-state index in [0.29, 0.717) is 24.2 Å². The van der Waals surface area contributed by atoms with Gasteiger partial charge in [-0.15, -0.1) is 12.4 Å². The van der Waals surface area contributed by atoms with E-state index in [9.17, 15) is 8.78 Å². The van der Waals surface area contributed by atoms with E-state index in [1.807, 2.05) is 0 Å². The van der Waals surface area contributed by atoms with Gasteiger partial charge in [0.25, 0.3) is 0 Å². The van der Waals surface area contributed by atoms with Crippen LogP contribution in [0.2, 0.25) is 0 Å². The first-order valence-electron chi connectivity index (χ1n) is 3.49. The molecule has 0 radical (unpaired) electrons. The molecule has 4 heteroatoms. The first kappa shape index (κ1) is 9.26. The first-order chi connectivity index (χ1) is 5.27. The Morgan fingerprint density at radius 1 is 1.25 bits per heavy atom. The van der Waals surface area contributed by atoms with Crippen LogP contribution in [0.15, 0.2) is 12.1 Å². The number of benzene rings is 1. The minimum atomic E-state index is -0.518. The van der Waals surface area contributed by atoms with Gasteiger partial charge in [0.05, 0.1) is 0 Å². The van der Waals surface area contributed by atoms with Gasteiger partial charge in [0.1, 0.15) is 11.6 Å². The monoisotopic (exact) mass is 191 g/mol. The van der Waals surface area contributed by atoms with Crippen molar-refractivity contribution >= 4 is 18.1 Å². The maximum absolute atomic E-state index is 12.9. The molecule has 1 heterocycles. The van der Waals surface area contributed by atoms with Gasteiger partial charge in [-0.05, 0) is 12.5 Å². The number of rotatable bonds is 0. The van der Waals surface area contributed by atoms with Gasteiger partial charge in [-0.2, -0.15) is 0 Å². The van der Waals surface area contributed by atoms with Gasteiger partial charge in [0.15, 0.2) is 0 Å². The molecule has 1 nitrogen and oxygen atoms in total. The predicted octanol–water partition coefficient (Wildman–Crippen LogP) is 2.35. The maximum Gasteiger partial charge on any atom is 0.131 e. The van der Waals surface area contributed by atoms with Gasteiger partial charge in [-0.3, -0.25) is 0 Å². The summed E-state index contributed by atoms with van der Waals surface area (Å²) in [6.07, 6.45) is 0.654. The zero-order valence-corrected chi connectivity index (χ0v) is 7.05. The normalized spacial score (nSPS) is 13.2. The fourth-order valence-corrected chi connectivity index (χ4v) is 1.34. The molecular weight excluding hydrogens is 184 g/mol. The number of fused-ring (bicyclic) bond motifs is 1. The Morgan fingerprint density at radius 3 is 2.75 bits per heavy atom. The van der Waals surface area contributed by atoms with Crippen LogP contribution >= 0.6 is 12.4 Å². The molecule has 0 saturated heterocycles. The van der Waals surface area contributed by atoms with E-state index in [-0.39, 0.29) is 12.4 Å². The van der Waals surface area contributed by atoms with Gasteiger partial charge >= 0.3 is 0 Å². The summed E-state index contributed by atoms with van der Waals surface area (Å²) in [5.74, 6) is -0.958. The number of anilines is 1. The van der Waals surface area contributed by atoms with E-state index >= 15 is 0 Å². The molecule has 0 bridgehead atoms. The second-order valence-corrected chi connectivity index (χ2v) is 2.59. The molecule has 1 aliphatic heterocycles. The third kappa shape index (κ3) is 1.37. The highest BCUT2D eigenvalue weighted by atomic mass is 35.5. The number of halogens is 3. The lowest BCUT2D eigenvalue weighted by molar-refractivity contribution is 0.577. The predicted molar refractivity (Wildman–Crippen MR) is 45.8 cm³/mol. The van der Waals surface area contributed by atoms with Crippen molar-refractivity contribution in [3.8, 4) is 0 Å². The van der Waals surface area contributed by atoms with Gasteiger partial charge < -0.3 is 5.32 Å². The topological polar surface area (TPSA) is 12.0 Å². The fraction of sp³-hybridized carbons (Fsp3) is 0.250. The number of nitrogens with one attached hydrogen (secondary N) is 1. The van der Waals surface area contributed by atoms with Crippen LogP contribution in [0.25, 0.3) is 0 Å². The molecule has 1 aromatic carbocycles. The van der Waals surface area contributed by atoms with Gasteiger partial charge in [0, 0.05) is 23.9 Å². The van der Waals surface area contributed by atoms with E-state index in [2.05, 4.69) is 5.32 Å². The van der Waals surface area contributed by atoms with Crippen LogP contribution in [0.3, 0.4) is 0 Å². The third-order valence-electron chi connectivity index (χ3n) is 1.85. The molecule has 0 amide bonds. The number of hydrogen-bond acceptors (Lipinski definition) is 1.